The van der Waals surface area contributed by atoms with Crippen molar-refractivity contribution < 1.29 is 61.7 Å². The second-order valence-corrected chi connectivity index (χ2v) is 23.0. The summed E-state index contributed by atoms with van der Waals surface area (Å²) in [6.45, 7) is 19.9. The Bertz CT molecular complexity index is 2160. The molecule has 0 radical (unpaired) electrons. The monoisotopic (exact) mass is 1060 g/mol. The summed E-state index contributed by atoms with van der Waals surface area (Å²) in [6, 6.07) is 1.89. The molecular formula is C52H82ClN6O13P. The van der Waals surface area contributed by atoms with Crippen molar-refractivity contribution in [2.24, 2.45) is 17.8 Å². The van der Waals surface area contributed by atoms with E-state index in [4.69, 9.17) is 30.3 Å². The van der Waals surface area contributed by atoms with Gasteiger partial charge in [-0.05, 0) is 95.4 Å². The van der Waals surface area contributed by atoms with Gasteiger partial charge in [-0.15, -0.1) is 0 Å². The molecule has 1 aliphatic heterocycles. The number of allylic oxidation sites excluding steroid dienone is 1. The van der Waals surface area contributed by atoms with Crippen LogP contribution in [0.2, 0.25) is 5.02 Å². The van der Waals surface area contributed by atoms with Crippen molar-refractivity contribution in [2.45, 2.75) is 157 Å². The lowest BCUT2D eigenvalue weighted by Gasteiger charge is -2.33. The van der Waals surface area contributed by atoms with Gasteiger partial charge < -0.3 is 49.8 Å². The lowest BCUT2D eigenvalue weighted by molar-refractivity contribution is -0.155. The largest absolute Gasteiger partial charge is 0.456 e. The standard InChI is InChI=1S/C52H82ClN6O13P/c1-15-32(5)44-47(62)56-37(10)51(66)72-45(33(6)16-2)35(8)41(71-52(67)54-26-18-17-19-27-69-73(13,14)68)25-20-34(7)50(65)70-42(28-31(3)4)46(61)55-36(9)48(63)59(12)40(29-38-21-23-39(53)24-22-38)49(64)58(11)30-43(60)57-44/h16,20-24,31-32,35-37,40-42,44-45H,15,17-19,25-30H2,1-14H3,(H,54,67)(H,55,61)(H,56,62)(H,57,60)/b33-16+,34-20+/t32?,35-,36-,37+,40+,41-,42+,44-,45+/m0/s1. The molecule has 0 bridgehead atoms. The summed E-state index contributed by atoms with van der Waals surface area (Å²) in [4.78, 5) is 113. The first-order valence-corrected chi connectivity index (χ1v) is 28.0. The number of amides is 6. The minimum Gasteiger partial charge on any atom is -0.456 e. The Morgan fingerprint density at radius 1 is 0.918 bits per heavy atom. The van der Waals surface area contributed by atoms with Gasteiger partial charge in [-0.3, -0.25) is 28.5 Å². The third-order valence-electron chi connectivity index (χ3n) is 12.6. The molecule has 6 amide bonds. The Labute approximate surface area is 437 Å². The van der Waals surface area contributed by atoms with E-state index in [1.807, 2.05) is 20.8 Å². The first-order valence-electron chi connectivity index (χ1n) is 25.1. The van der Waals surface area contributed by atoms with Crippen LogP contribution in [0.1, 0.15) is 113 Å². The van der Waals surface area contributed by atoms with E-state index in [1.54, 1.807) is 71.4 Å². The normalized spacial score (nSPS) is 25.7. The van der Waals surface area contributed by atoms with Crippen LogP contribution in [-0.2, 0) is 63.3 Å². The van der Waals surface area contributed by atoms with Gasteiger partial charge in [-0.25, -0.2) is 14.4 Å². The van der Waals surface area contributed by atoms with Gasteiger partial charge in [0.05, 0.1) is 13.2 Å². The molecule has 19 nitrogen and oxygen atoms in total. The van der Waals surface area contributed by atoms with E-state index >= 15 is 0 Å². The summed E-state index contributed by atoms with van der Waals surface area (Å²) < 4.78 is 35.1. The van der Waals surface area contributed by atoms with Gasteiger partial charge in [-0.1, -0.05) is 76.9 Å². The maximum Gasteiger partial charge on any atom is 0.407 e. The number of likely N-dealkylation sites (N-methyl/N-ethyl adjacent to an activating group) is 2. The molecule has 9 atom stereocenters. The van der Waals surface area contributed by atoms with Crippen LogP contribution in [0.15, 0.2) is 47.6 Å². The number of esters is 2. The fourth-order valence-corrected chi connectivity index (χ4v) is 8.45. The highest BCUT2D eigenvalue weighted by Crippen LogP contribution is 2.37. The van der Waals surface area contributed by atoms with E-state index in [-0.39, 0.29) is 37.3 Å². The second kappa shape index (κ2) is 30.8. The van der Waals surface area contributed by atoms with Crippen molar-refractivity contribution in [1.82, 2.24) is 31.1 Å². The first kappa shape index (κ1) is 63.9. The zero-order valence-corrected chi connectivity index (χ0v) is 47.0. The molecule has 1 unspecified atom stereocenters. The number of ether oxygens (including phenoxy) is 3. The molecule has 21 heteroatoms. The van der Waals surface area contributed by atoms with E-state index in [0.29, 0.717) is 48.4 Å². The summed E-state index contributed by atoms with van der Waals surface area (Å²) >= 11 is 6.15. The van der Waals surface area contributed by atoms with Crippen molar-refractivity contribution in [3.05, 3.63) is 58.1 Å². The van der Waals surface area contributed by atoms with Gasteiger partial charge in [0, 0.05) is 63.3 Å². The Morgan fingerprint density at radius 3 is 2.14 bits per heavy atom. The van der Waals surface area contributed by atoms with Crippen molar-refractivity contribution in [3.63, 3.8) is 0 Å². The van der Waals surface area contributed by atoms with Crippen molar-refractivity contribution in [3.8, 4) is 0 Å². The number of cyclic esters (lactones) is 2. The molecule has 2 rings (SSSR count). The Hall–Kier alpha value is -5.26. The number of alkyl carbamates (subject to hydrolysis) is 1. The minimum absolute atomic E-state index is 0.000647. The highest BCUT2D eigenvalue weighted by molar-refractivity contribution is 7.57. The van der Waals surface area contributed by atoms with E-state index < -0.39 is 116 Å². The predicted octanol–water partition coefficient (Wildman–Crippen LogP) is 6.35. The van der Waals surface area contributed by atoms with E-state index in [1.165, 1.54) is 45.8 Å². The number of benzene rings is 1. The van der Waals surface area contributed by atoms with Crippen molar-refractivity contribution in [2.75, 3.05) is 47.1 Å². The number of nitrogens with one attached hydrogen (secondary N) is 4. The molecule has 0 aliphatic carbocycles. The summed E-state index contributed by atoms with van der Waals surface area (Å²) in [5.74, 6) is -6.40. The molecular weight excluding hydrogens is 983 g/mol. The van der Waals surface area contributed by atoms with Gasteiger partial charge in [0.1, 0.15) is 36.4 Å². The highest BCUT2D eigenvalue weighted by atomic mass is 35.5. The number of hydrogen-bond acceptors (Lipinski definition) is 13. The number of carbonyl (C=O) groups is 8. The molecule has 0 fully saturated rings. The number of rotatable bonds is 15. The van der Waals surface area contributed by atoms with Crippen LogP contribution >= 0.6 is 19.0 Å². The number of hydrogen-bond donors (Lipinski definition) is 4. The third kappa shape index (κ3) is 22.0. The molecule has 73 heavy (non-hydrogen) atoms. The van der Waals surface area contributed by atoms with Crippen LogP contribution in [-0.4, -0.2) is 147 Å². The van der Waals surface area contributed by atoms with Crippen LogP contribution in [0, 0.1) is 17.8 Å². The zero-order valence-electron chi connectivity index (χ0n) is 45.3. The number of halogens is 1. The lowest BCUT2D eigenvalue weighted by atomic mass is 9.90. The maximum absolute atomic E-state index is 14.3. The van der Waals surface area contributed by atoms with Crippen LogP contribution in [0.25, 0.3) is 0 Å². The Kier molecular flexibility index (Phi) is 27.0. The first-order chi connectivity index (χ1) is 34.1. The third-order valence-corrected chi connectivity index (χ3v) is 13.7. The van der Waals surface area contributed by atoms with Crippen LogP contribution < -0.4 is 21.3 Å². The van der Waals surface area contributed by atoms with Crippen molar-refractivity contribution >= 4 is 66.5 Å². The molecule has 1 heterocycles. The van der Waals surface area contributed by atoms with Gasteiger partial charge in [0.25, 0.3) is 5.91 Å². The van der Waals surface area contributed by atoms with Crippen LogP contribution in [0.5, 0.6) is 0 Å². The van der Waals surface area contributed by atoms with E-state index in [2.05, 4.69) is 21.3 Å². The SMILES string of the molecule is C/C=C(\C)[C@H]1OC(=O)[C@@H](C)NC(=O)[C@H](C(C)CC)NC(=O)CN(C)C(=O)[C@@H](Cc2ccc(Cl)cc2)N(C)C(=O)[C@H](C)NC(=O)[C@@H](CC(C)C)OC(=O)/C(C)=C/C[C@H](OC(=O)NCCCCCOP(C)(C)=O)[C@@H]1C. The summed E-state index contributed by atoms with van der Waals surface area (Å²) in [7, 11) is 0.180. The summed E-state index contributed by atoms with van der Waals surface area (Å²) in [5.41, 5.74) is 1.31. The number of unbranched alkanes of at least 4 members (excludes halogenated alkanes) is 2. The highest BCUT2D eigenvalue weighted by Gasteiger charge is 2.38. The van der Waals surface area contributed by atoms with Crippen LogP contribution in [0.4, 0.5) is 4.79 Å². The smallest absolute Gasteiger partial charge is 0.407 e. The van der Waals surface area contributed by atoms with Gasteiger partial charge in [0.15, 0.2) is 13.5 Å². The average molecular weight is 1070 g/mol. The Morgan fingerprint density at radius 2 is 1.55 bits per heavy atom. The fraction of sp³-hybridized carbons (Fsp3) is 0.654. The quantitative estimate of drug-likeness (QED) is 0.0493. The second-order valence-electron chi connectivity index (χ2n) is 19.8. The maximum atomic E-state index is 14.3. The van der Waals surface area contributed by atoms with E-state index in [0.717, 1.165) is 4.90 Å². The minimum atomic E-state index is -2.61. The molecule has 0 saturated carbocycles. The van der Waals surface area contributed by atoms with E-state index in [9.17, 15) is 42.9 Å². The lowest BCUT2D eigenvalue weighted by Crippen LogP contribution is -2.57. The molecule has 1 aromatic carbocycles. The molecule has 1 aromatic rings. The molecule has 0 saturated heterocycles. The predicted molar refractivity (Wildman–Crippen MR) is 280 cm³/mol. The number of nitrogens with zero attached hydrogens (tertiary/aromatic N) is 2. The number of carbonyl (C=O) groups excluding carboxylic acids is 8. The summed E-state index contributed by atoms with van der Waals surface area (Å²) in [5, 5.41) is 11.3. The average Bonchev–Trinajstić information content (AvgIpc) is 3.32. The Balaban J connectivity index is 2.67. The van der Waals surface area contributed by atoms with Gasteiger partial charge in [0.2, 0.25) is 23.6 Å². The molecule has 4 N–H and O–H groups in total. The summed E-state index contributed by atoms with van der Waals surface area (Å²) in [6.07, 6.45) is 1.43. The fourth-order valence-electron chi connectivity index (χ4n) is 7.76. The molecule has 0 aromatic heterocycles. The molecule has 0 spiro atoms. The topological polar surface area (TPSA) is 245 Å². The molecule has 410 valence electrons. The van der Waals surface area contributed by atoms with Gasteiger partial charge in [-0.2, -0.15) is 0 Å². The zero-order chi connectivity index (χ0) is 55.3. The molecule has 1 aliphatic rings. The van der Waals surface area contributed by atoms with Gasteiger partial charge >= 0.3 is 18.0 Å². The van der Waals surface area contributed by atoms with Crippen LogP contribution in [0.3, 0.4) is 0 Å². The van der Waals surface area contributed by atoms with Crippen molar-refractivity contribution in [1.29, 1.82) is 0 Å².